The maximum atomic E-state index is 12.3. The first kappa shape index (κ1) is 14.7. The van der Waals surface area contributed by atoms with Crippen molar-refractivity contribution >= 4 is 16.0 Å². The Labute approximate surface area is 107 Å². The summed E-state index contributed by atoms with van der Waals surface area (Å²) in [5, 5.41) is 8.73. The van der Waals surface area contributed by atoms with Crippen LogP contribution in [0, 0.1) is 13.8 Å². The van der Waals surface area contributed by atoms with Crippen molar-refractivity contribution < 1.29 is 18.3 Å². The van der Waals surface area contributed by atoms with Gasteiger partial charge in [0.2, 0.25) is 10.0 Å². The number of hydrogen-bond acceptors (Lipinski definition) is 3. The third-order valence-electron chi connectivity index (χ3n) is 2.61. The Morgan fingerprint density at radius 3 is 2.39 bits per heavy atom. The number of rotatable bonds is 5. The van der Waals surface area contributed by atoms with E-state index in [1.807, 2.05) is 6.92 Å². The quantitative estimate of drug-likeness (QED) is 0.878. The average molecular weight is 271 g/mol. The van der Waals surface area contributed by atoms with Gasteiger partial charge in [-0.1, -0.05) is 24.6 Å². The molecule has 0 amide bonds. The van der Waals surface area contributed by atoms with Crippen molar-refractivity contribution in [2.24, 2.45) is 0 Å². The van der Waals surface area contributed by atoms with Gasteiger partial charge in [0.05, 0.1) is 4.90 Å². The molecule has 0 aliphatic carbocycles. The van der Waals surface area contributed by atoms with Crippen LogP contribution in [-0.2, 0) is 14.8 Å². The Hall–Kier alpha value is -1.40. The van der Waals surface area contributed by atoms with E-state index < -0.39 is 22.5 Å². The van der Waals surface area contributed by atoms with Gasteiger partial charge < -0.3 is 5.11 Å². The summed E-state index contributed by atoms with van der Waals surface area (Å²) < 4.78 is 25.5. The average Bonchev–Trinajstić information content (AvgIpc) is 2.24. The van der Waals surface area contributed by atoms with E-state index in [1.54, 1.807) is 26.0 Å². The molecule has 0 aliphatic heterocycles. The molecule has 0 radical (unpaired) electrons. The second-order valence-corrected chi connectivity index (χ2v) is 6.00. The number of hydrogen-bond donors (Lipinski definition) is 1. The van der Waals surface area contributed by atoms with Crippen molar-refractivity contribution in [3.63, 3.8) is 0 Å². The van der Waals surface area contributed by atoms with Crippen LogP contribution in [0.3, 0.4) is 0 Å². The molecule has 0 fully saturated rings. The SMILES string of the molecule is CCN(CC(=O)O)S(=O)(=O)c1ccc(C)cc1C. The lowest BCUT2D eigenvalue weighted by Gasteiger charge is -2.19. The predicted octanol–water partition coefficient (Wildman–Crippen LogP) is 1.40. The van der Waals surface area contributed by atoms with E-state index in [2.05, 4.69) is 0 Å². The van der Waals surface area contributed by atoms with E-state index in [-0.39, 0.29) is 11.4 Å². The first-order valence-electron chi connectivity index (χ1n) is 5.58. The number of carboxylic acids is 1. The first-order valence-corrected chi connectivity index (χ1v) is 7.02. The first-order chi connectivity index (χ1) is 8.28. The minimum absolute atomic E-state index is 0.127. The zero-order chi connectivity index (χ0) is 13.9. The largest absolute Gasteiger partial charge is 0.480 e. The lowest BCUT2D eigenvalue weighted by atomic mass is 10.2. The Morgan fingerprint density at radius 2 is 1.94 bits per heavy atom. The second kappa shape index (κ2) is 5.49. The zero-order valence-electron chi connectivity index (χ0n) is 10.7. The summed E-state index contributed by atoms with van der Waals surface area (Å²) in [7, 11) is -3.74. The van der Waals surface area contributed by atoms with Crippen LogP contribution >= 0.6 is 0 Å². The zero-order valence-corrected chi connectivity index (χ0v) is 11.5. The number of likely N-dealkylation sites (N-methyl/N-ethyl adjacent to an activating group) is 1. The summed E-state index contributed by atoms with van der Waals surface area (Å²) >= 11 is 0. The molecule has 5 nitrogen and oxygen atoms in total. The van der Waals surface area contributed by atoms with Crippen molar-refractivity contribution in [2.75, 3.05) is 13.1 Å². The van der Waals surface area contributed by atoms with E-state index in [4.69, 9.17) is 5.11 Å². The maximum Gasteiger partial charge on any atom is 0.318 e. The van der Waals surface area contributed by atoms with Gasteiger partial charge in [0.15, 0.2) is 0 Å². The third-order valence-corrected chi connectivity index (χ3v) is 4.69. The Balaban J connectivity index is 3.23. The normalized spacial score (nSPS) is 11.8. The number of benzene rings is 1. The number of carbonyl (C=O) groups is 1. The van der Waals surface area contributed by atoms with Gasteiger partial charge in [-0.15, -0.1) is 0 Å². The minimum atomic E-state index is -3.74. The van der Waals surface area contributed by atoms with Crippen molar-refractivity contribution in [1.82, 2.24) is 4.31 Å². The van der Waals surface area contributed by atoms with Gasteiger partial charge in [-0.2, -0.15) is 4.31 Å². The second-order valence-electron chi connectivity index (χ2n) is 4.09. The van der Waals surface area contributed by atoms with Crippen molar-refractivity contribution in [3.8, 4) is 0 Å². The van der Waals surface area contributed by atoms with Crippen LogP contribution in [-0.4, -0.2) is 36.9 Å². The smallest absolute Gasteiger partial charge is 0.318 e. The monoisotopic (exact) mass is 271 g/mol. The Bertz CT molecular complexity index is 551. The molecule has 0 saturated carbocycles. The predicted molar refractivity (Wildman–Crippen MR) is 68.0 cm³/mol. The molecule has 0 heterocycles. The lowest BCUT2D eigenvalue weighted by Crippen LogP contribution is -2.35. The highest BCUT2D eigenvalue weighted by atomic mass is 32.2. The molecule has 100 valence electrons. The van der Waals surface area contributed by atoms with E-state index >= 15 is 0 Å². The molecular formula is C12H17NO4S. The van der Waals surface area contributed by atoms with Crippen LogP contribution in [0.2, 0.25) is 0 Å². The molecule has 6 heteroatoms. The van der Waals surface area contributed by atoms with Crippen molar-refractivity contribution in [2.45, 2.75) is 25.7 Å². The fourth-order valence-corrected chi connectivity index (χ4v) is 3.35. The van der Waals surface area contributed by atoms with Crippen LogP contribution in [0.25, 0.3) is 0 Å². The summed E-state index contributed by atoms with van der Waals surface area (Å²) in [6.07, 6.45) is 0. The Morgan fingerprint density at radius 1 is 1.33 bits per heavy atom. The van der Waals surface area contributed by atoms with Crippen LogP contribution in [0.4, 0.5) is 0 Å². The highest BCUT2D eigenvalue weighted by molar-refractivity contribution is 7.89. The summed E-state index contributed by atoms with van der Waals surface area (Å²) in [6, 6.07) is 4.99. The molecular weight excluding hydrogens is 254 g/mol. The lowest BCUT2D eigenvalue weighted by molar-refractivity contribution is -0.137. The molecule has 0 aromatic heterocycles. The van der Waals surface area contributed by atoms with Crippen molar-refractivity contribution in [3.05, 3.63) is 29.3 Å². The third kappa shape index (κ3) is 3.08. The number of sulfonamides is 1. The van der Waals surface area contributed by atoms with Crippen LogP contribution in [0.15, 0.2) is 23.1 Å². The molecule has 0 spiro atoms. The van der Waals surface area contributed by atoms with E-state index in [9.17, 15) is 13.2 Å². The van der Waals surface area contributed by atoms with Crippen LogP contribution in [0.5, 0.6) is 0 Å². The van der Waals surface area contributed by atoms with Gasteiger partial charge in [-0.3, -0.25) is 4.79 Å². The van der Waals surface area contributed by atoms with Crippen LogP contribution < -0.4 is 0 Å². The van der Waals surface area contributed by atoms with E-state index in [0.29, 0.717) is 5.56 Å². The van der Waals surface area contributed by atoms with Gasteiger partial charge in [0, 0.05) is 6.54 Å². The molecule has 1 aromatic rings. The van der Waals surface area contributed by atoms with Gasteiger partial charge in [0.1, 0.15) is 6.54 Å². The standard InChI is InChI=1S/C12H17NO4S/c1-4-13(8-12(14)15)18(16,17)11-6-5-9(2)7-10(11)3/h5-7H,4,8H2,1-3H3,(H,14,15). The number of aryl methyl sites for hydroxylation is 2. The number of nitrogens with zero attached hydrogens (tertiary/aromatic N) is 1. The summed E-state index contributed by atoms with van der Waals surface area (Å²) in [4.78, 5) is 10.8. The molecule has 18 heavy (non-hydrogen) atoms. The number of carboxylic acid groups (broad SMARTS) is 1. The molecule has 1 aromatic carbocycles. The molecule has 0 unspecified atom stereocenters. The molecule has 0 saturated heterocycles. The molecule has 0 bridgehead atoms. The summed E-state index contributed by atoms with van der Waals surface area (Å²) in [5.41, 5.74) is 1.59. The molecule has 0 aliphatic rings. The Kier molecular flexibility index (Phi) is 4.48. The highest BCUT2D eigenvalue weighted by Gasteiger charge is 2.26. The van der Waals surface area contributed by atoms with E-state index in [1.165, 1.54) is 6.07 Å². The van der Waals surface area contributed by atoms with Gasteiger partial charge in [-0.05, 0) is 25.5 Å². The topological polar surface area (TPSA) is 74.7 Å². The number of aliphatic carboxylic acids is 1. The van der Waals surface area contributed by atoms with E-state index in [0.717, 1.165) is 9.87 Å². The van der Waals surface area contributed by atoms with Gasteiger partial charge >= 0.3 is 5.97 Å². The fourth-order valence-electron chi connectivity index (χ4n) is 1.75. The fraction of sp³-hybridized carbons (Fsp3) is 0.417. The van der Waals surface area contributed by atoms with Crippen molar-refractivity contribution in [1.29, 1.82) is 0 Å². The molecule has 0 atom stereocenters. The van der Waals surface area contributed by atoms with Gasteiger partial charge in [0.25, 0.3) is 0 Å². The molecule has 1 rings (SSSR count). The van der Waals surface area contributed by atoms with Gasteiger partial charge in [-0.25, -0.2) is 8.42 Å². The summed E-state index contributed by atoms with van der Waals surface area (Å²) in [6.45, 7) is 4.80. The van der Waals surface area contributed by atoms with Crippen LogP contribution in [0.1, 0.15) is 18.1 Å². The molecule has 1 N–H and O–H groups in total. The maximum absolute atomic E-state index is 12.3. The highest BCUT2D eigenvalue weighted by Crippen LogP contribution is 2.20. The minimum Gasteiger partial charge on any atom is -0.480 e. The summed E-state index contributed by atoms with van der Waals surface area (Å²) in [5.74, 6) is -1.16.